The third kappa shape index (κ3) is 5.16. The number of hydrogen-bond donors (Lipinski definition) is 0. The molecule has 0 saturated carbocycles. The highest BCUT2D eigenvalue weighted by Crippen LogP contribution is 2.54. The van der Waals surface area contributed by atoms with Crippen LogP contribution >= 0.6 is 0 Å². The molecule has 1 aromatic heterocycles. The standard InChI is InChI=1S/C55H39NO2SSi/c57-59(58)53-33-19-17-31-49(53)55(40-20-6-1-7-21-40,41-22-8-2-9-23-41)50-38-48-47-30-16-18-32-51(47)56(52(48)39-54(50)59)42-34-36-46(37-35-42)60(43-24-10-3-11-25-43,44-26-12-4-13-27-44)45-28-14-5-15-29-45/h1-39H. The monoisotopic (exact) mass is 805 g/mol. The summed E-state index contributed by atoms with van der Waals surface area (Å²) in [4.78, 5) is 0.659. The highest BCUT2D eigenvalue weighted by atomic mass is 32.2. The van der Waals surface area contributed by atoms with Crippen LogP contribution in [-0.2, 0) is 15.3 Å². The SMILES string of the molecule is O=S1(=O)c2ccccc2C(c2ccccc2)(c2ccccc2)c2cc3c4ccccc4n(-c4ccc([Si](c5ccccc5)(c5ccccc5)c5ccccc5)cc4)c3cc21. The van der Waals surface area contributed by atoms with Crippen molar-refractivity contribution in [2.24, 2.45) is 0 Å². The second-order valence-electron chi connectivity index (χ2n) is 15.6. The van der Waals surface area contributed by atoms with E-state index < -0.39 is 23.3 Å². The predicted octanol–water partition coefficient (Wildman–Crippen LogP) is 9.69. The van der Waals surface area contributed by atoms with Crippen LogP contribution in [0.15, 0.2) is 246 Å². The van der Waals surface area contributed by atoms with Gasteiger partial charge in [-0.15, -0.1) is 0 Å². The number of fused-ring (bicyclic) bond motifs is 5. The molecule has 11 rings (SSSR count). The predicted molar refractivity (Wildman–Crippen MR) is 248 cm³/mol. The number of nitrogens with zero attached hydrogens (tertiary/aromatic N) is 1. The molecular weight excluding hydrogens is 767 g/mol. The van der Waals surface area contributed by atoms with Crippen LogP contribution in [0.2, 0.25) is 0 Å². The fourth-order valence-corrected chi connectivity index (χ4v) is 16.7. The first-order valence-electron chi connectivity index (χ1n) is 20.3. The lowest BCUT2D eigenvalue weighted by Crippen LogP contribution is -2.74. The molecule has 10 aromatic rings. The maximum Gasteiger partial charge on any atom is 0.207 e. The van der Waals surface area contributed by atoms with E-state index in [1.54, 1.807) is 6.07 Å². The Bertz CT molecular complexity index is 3160. The molecular formula is C55H39NO2SSi. The highest BCUT2D eigenvalue weighted by Gasteiger charge is 2.49. The van der Waals surface area contributed by atoms with E-state index in [4.69, 9.17) is 0 Å². The summed E-state index contributed by atoms with van der Waals surface area (Å²) in [7, 11) is -6.70. The van der Waals surface area contributed by atoms with Crippen molar-refractivity contribution >= 4 is 60.5 Å². The summed E-state index contributed by atoms with van der Waals surface area (Å²) in [6, 6.07) is 82.7. The van der Waals surface area contributed by atoms with Crippen molar-refractivity contribution in [2.45, 2.75) is 15.2 Å². The van der Waals surface area contributed by atoms with Gasteiger partial charge in [0.15, 0.2) is 8.07 Å². The van der Waals surface area contributed by atoms with Crippen molar-refractivity contribution in [1.29, 1.82) is 0 Å². The van der Waals surface area contributed by atoms with Crippen LogP contribution in [0.4, 0.5) is 0 Å². The lowest BCUT2D eigenvalue weighted by atomic mass is 9.64. The summed E-state index contributed by atoms with van der Waals surface area (Å²) in [6.45, 7) is 0. The first-order chi connectivity index (χ1) is 29.5. The van der Waals surface area contributed by atoms with Gasteiger partial charge in [0, 0.05) is 16.5 Å². The van der Waals surface area contributed by atoms with E-state index in [1.165, 1.54) is 20.7 Å². The lowest BCUT2D eigenvalue weighted by Gasteiger charge is -2.41. The smallest absolute Gasteiger partial charge is 0.207 e. The molecule has 1 aliphatic rings. The van der Waals surface area contributed by atoms with E-state index in [-0.39, 0.29) is 0 Å². The quantitative estimate of drug-likeness (QED) is 0.119. The van der Waals surface area contributed by atoms with Gasteiger partial charge >= 0.3 is 0 Å². The molecule has 1 aliphatic heterocycles. The molecule has 0 aliphatic carbocycles. The molecule has 0 saturated heterocycles. The minimum atomic E-state index is -3.94. The number of para-hydroxylation sites is 1. The molecule has 3 nitrogen and oxygen atoms in total. The number of hydrogen-bond acceptors (Lipinski definition) is 2. The van der Waals surface area contributed by atoms with Gasteiger partial charge in [0.1, 0.15) is 0 Å². The zero-order valence-corrected chi connectivity index (χ0v) is 34.5. The zero-order valence-electron chi connectivity index (χ0n) is 32.7. The fraction of sp³-hybridized carbons (Fsp3) is 0.0182. The average Bonchev–Trinajstić information content (AvgIpc) is 3.64. The van der Waals surface area contributed by atoms with Crippen LogP contribution in [-0.4, -0.2) is 21.1 Å². The second-order valence-corrected chi connectivity index (χ2v) is 21.3. The topological polar surface area (TPSA) is 39.1 Å². The Labute approximate surface area is 351 Å². The lowest BCUT2D eigenvalue weighted by molar-refractivity contribution is 0.579. The van der Waals surface area contributed by atoms with E-state index in [0.29, 0.717) is 9.79 Å². The van der Waals surface area contributed by atoms with Gasteiger partial charge in [-0.25, -0.2) is 8.42 Å². The molecule has 0 unspecified atom stereocenters. The van der Waals surface area contributed by atoms with Crippen LogP contribution < -0.4 is 20.7 Å². The van der Waals surface area contributed by atoms with Crippen molar-refractivity contribution < 1.29 is 8.42 Å². The van der Waals surface area contributed by atoms with Crippen molar-refractivity contribution in [2.75, 3.05) is 0 Å². The molecule has 0 atom stereocenters. The van der Waals surface area contributed by atoms with Gasteiger partial charge in [0.2, 0.25) is 9.84 Å². The number of aromatic nitrogens is 1. The van der Waals surface area contributed by atoms with E-state index in [9.17, 15) is 0 Å². The largest absolute Gasteiger partial charge is 0.309 e. The molecule has 60 heavy (non-hydrogen) atoms. The van der Waals surface area contributed by atoms with Gasteiger partial charge in [-0.2, -0.15) is 0 Å². The molecule has 0 fully saturated rings. The van der Waals surface area contributed by atoms with Gasteiger partial charge in [-0.3, -0.25) is 0 Å². The van der Waals surface area contributed by atoms with Gasteiger partial charge in [-0.1, -0.05) is 200 Å². The number of rotatable bonds is 7. The zero-order chi connectivity index (χ0) is 40.3. The van der Waals surface area contributed by atoms with E-state index in [2.05, 4.69) is 174 Å². The summed E-state index contributed by atoms with van der Waals surface area (Å²) < 4.78 is 32.5. The molecule has 0 bridgehead atoms. The Balaban J connectivity index is 1.19. The van der Waals surface area contributed by atoms with E-state index in [1.807, 2.05) is 60.7 Å². The normalized spacial score (nSPS) is 14.1. The summed E-state index contributed by atoms with van der Waals surface area (Å²) in [5, 5.41) is 7.26. The van der Waals surface area contributed by atoms with Crippen LogP contribution in [0.1, 0.15) is 22.3 Å². The molecule has 0 N–H and O–H groups in total. The van der Waals surface area contributed by atoms with Crippen molar-refractivity contribution in [1.82, 2.24) is 4.57 Å². The average molecular weight is 806 g/mol. The molecule has 0 spiro atoms. The highest BCUT2D eigenvalue weighted by molar-refractivity contribution is 7.91. The Morgan fingerprint density at radius 3 is 1.37 bits per heavy atom. The van der Waals surface area contributed by atoms with Crippen LogP contribution in [0, 0.1) is 0 Å². The number of benzene rings is 9. The first kappa shape index (κ1) is 36.1. The third-order valence-corrected chi connectivity index (χ3v) is 19.3. The van der Waals surface area contributed by atoms with Crippen LogP contribution in [0.3, 0.4) is 0 Å². The van der Waals surface area contributed by atoms with Gasteiger partial charge in [0.25, 0.3) is 0 Å². The molecule has 0 amide bonds. The third-order valence-electron chi connectivity index (χ3n) is 12.6. The van der Waals surface area contributed by atoms with Gasteiger partial charge < -0.3 is 4.57 Å². The minimum Gasteiger partial charge on any atom is -0.309 e. The molecule has 9 aromatic carbocycles. The van der Waals surface area contributed by atoms with Crippen molar-refractivity contribution in [3.63, 3.8) is 0 Å². The first-order valence-corrected chi connectivity index (χ1v) is 23.8. The summed E-state index contributed by atoms with van der Waals surface area (Å²) in [5.41, 5.74) is 5.48. The van der Waals surface area contributed by atoms with E-state index >= 15 is 8.42 Å². The summed E-state index contributed by atoms with van der Waals surface area (Å²) >= 11 is 0. The molecule has 0 radical (unpaired) electrons. The maximum atomic E-state index is 15.1. The Kier molecular flexibility index (Phi) is 8.45. The molecule has 2 heterocycles. The summed E-state index contributed by atoms with van der Waals surface area (Å²) in [5.74, 6) is 0. The minimum absolute atomic E-state index is 0.325. The van der Waals surface area contributed by atoms with Crippen molar-refractivity contribution in [3.05, 3.63) is 259 Å². The molecule has 286 valence electrons. The van der Waals surface area contributed by atoms with Crippen molar-refractivity contribution in [3.8, 4) is 5.69 Å². The molecule has 5 heteroatoms. The fourth-order valence-electron chi connectivity index (χ4n) is 10.2. The Morgan fingerprint density at radius 2 is 0.817 bits per heavy atom. The van der Waals surface area contributed by atoms with Gasteiger partial charge in [0.05, 0.1) is 26.2 Å². The van der Waals surface area contributed by atoms with Crippen LogP contribution in [0.5, 0.6) is 0 Å². The number of sulfone groups is 1. The Morgan fingerprint density at radius 1 is 0.367 bits per heavy atom. The van der Waals surface area contributed by atoms with Gasteiger partial charge in [-0.05, 0) is 79.4 Å². The Hall–Kier alpha value is -7.05. The summed E-state index contributed by atoms with van der Waals surface area (Å²) in [6.07, 6.45) is 0. The van der Waals surface area contributed by atoms with Crippen LogP contribution in [0.25, 0.3) is 27.5 Å². The van der Waals surface area contributed by atoms with E-state index in [0.717, 1.165) is 49.7 Å². The maximum absolute atomic E-state index is 15.1. The second kappa shape index (κ2) is 14.1.